The molecule has 3 saturated carbocycles. The van der Waals surface area contributed by atoms with Crippen LogP contribution in [-0.2, 0) is 14.3 Å². The second-order valence-electron chi connectivity index (χ2n) is 15.2. The Kier molecular flexibility index (Phi) is 9.51. The molecule has 42 heavy (non-hydrogen) atoms. The van der Waals surface area contributed by atoms with E-state index in [9.17, 15) is 25.2 Å². The van der Waals surface area contributed by atoms with Gasteiger partial charge in [-0.15, -0.1) is 0 Å². The molecule has 4 aliphatic carbocycles. The maximum absolute atomic E-state index is 13.9. The molecular formula is C35H56O7. The van der Waals surface area contributed by atoms with E-state index in [1.54, 1.807) is 0 Å². The van der Waals surface area contributed by atoms with E-state index in [0.717, 1.165) is 37.7 Å². The van der Waals surface area contributed by atoms with E-state index < -0.39 is 37.3 Å². The van der Waals surface area contributed by atoms with Crippen LogP contribution in [0.2, 0.25) is 0 Å². The Morgan fingerprint density at radius 3 is 2.48 bits per heavy atom. The van der Waals surface area contributed by atoms with Gasteiger partial charge in [0.25, 0.3) is 0 Å². The van der Waals surface area contributed by atoms with Gasteiger partial charge in [-0.3, -0.25) is 4.79 Å². The summed E-state index contributed by atoms with van der Waals surface area (Å²) in [4.78, 5) is 13.9. The van der Waals surface area contributed by atoms with Crippen molar-refractivity contribution in [3.05, 3.63) is 23.8 Å². The average Bonchev–Trinajstić information content (AvgIpc) is 3.31. The van der Waals surface area contributed by atoms with Gasteiger partial charge in [-0.2, -0.15) is 0 Å². The fraction of sp³-hybridized carbons (Fsp3) is 0.857. The summed E-state index contributed by atoms with van der Waals surface area (Å²) in [6.45, 7) is 15.5. The summed E-state index contributed by atoms with van der Waals surface area (Å²) in [6.07, 6.45) is 5.76. The molecule has 238 valence electrons. The van der Waals surface area contributed by atoms with Gasteiger partial charge in [-0.25, -0.2) is 0 Å². The number of aliphatic hydroxyl groups excluding tert-OH is 4. The van der Waals surface area contributed by atoms with Gasteiger partial charge >= 0.3 is 0 Å². The number of hydrogen-bond donors (Lipinski definition) is 4. The third-order valence-corrected chi connectivity index (χ3v) is 13.0. The van der Waals surface area contributed by atoms with E-state index in [1.807, 2.05) is 6.08 Å². The normalized spacial score (nSPS) is 46.7. The fourth-order valence-corrected chi connectivity index (χ4v) is 10.3. The van der Waals surface area contributed by atoms with Crippen LogP contribution in [0, 0.1) is 46.3 Å². The Balaban J connectivity index is 1.28. The molecule has 0 amide bonds. The lowest BCUT2D eigenvalue weighted by Gasteiger charge is -2.58. The van der Waals surface area contributed by atoms with Crippen molar-refractivity contribution in [1.29, 1.82) is 0 Å². The minimum atomic E-state index is -1.46. The summed E-state index contributed by atoms with van der Waals surface area (Å²) in [7, 11) is 0. The summed E-state index contributed by atoms with van der Waals surface area (Å²) in [5, 5.41) is 40.3. The molecule has 5 rings (SSSR count). The molecule has 1 aliphatic heterocycles. The number of carbonyl (C=O) groups excluding carboxylic acids is 1. The highest BCUT2D eigenvalue weighted by Gasteiger charge is 2.61. The number of aliphatic hydroxyl groups is 4. The number of carbonyl (C=O) groups is 1. The molecule has 1 saturated heterocycles. The highest BCUT2D eigenvalue weighted by Crippen LogP contribution is 2.67. The molecule has 0 aromatic heterocycles. The van der Waals surface area contributed by atoms with E-state index in [0.29, 0.717) is 41.8 Å². The number of fused-ring (bicyclic) bond motifs is 5. The third kappa shape index (κ3) is 5.49. The molecule has 0 aromatic carbocycles. The first-order chi connectivity index (χ1) is 19.8. The topological polar surface area (TPSA) is 116 Å². The van der Waals surface area contributed by atoms with Gasteiger partial charge < -0.3 is 29.9 Å². The molecule has 7 heteroatoms. The molecular weight excluding hydrogens is 532 g/mol. The molecule has 4 fully saturated rings. The molecule has 0 radical (unpaired) electrons. The zero-order chi connectivity index (χ0) is 30.6. The van der Waals surface area contributed by atoms with Crippen LogP contribution in [0.25, 0.3) is 0 Å². The van der Waals surface area contributed by atoms with Crippen LogP contribution in [0.3, 0.4) is 0 Å². The van der Waals surface area contributed by atoms with Crippen LogP contribution >= 0.6 is 0 Å². The maximum Gasteiger partial charge on any atom is 0.186 e. The SMILES string of the molecule is C=C(C)C(CC)CCC(C)C1CCC2C3C(=O)C=C4CC(OC5OC(CO)C(O)C(O)C5O)CCC4(C)C3CCC12C. The van der Waals surface area contributed by atoms with Crippen molar-refractivity contribution in [2.75, 3.05) is 6.61 Å². The Morgan fingerprint density at radius 1 is 1.07 bits per heavy atom. The lowest BCUT2D eigenvalue weighted by molar-refractivity contribution is -0.313. The molecule has 1 heterocycles. The number of allylic oxidation sites excluding steroid dienone is 2. The number of hydrogen-bond acceptors (Lipinski definition) is 7. The van der Waals surface area contributed by atoms with E-state index in [1.165, 1.54) is 31.3 Å². The lowest BCUT2D eigenvalue weighted by Crippen LogP contribution is -2.60. The van der Waals surface area contributed by atoms with E-state index in [-0.39, 0.29) is 22.9 Å². The van der Waals surface area contributed by atoms with Crippen molar-refractivity contribution in [2.24, 2.45) is 46.3 Å². The maximum atomic E-state index is 13.9. The second kappa shape index (κ2) is 12.4. The first kappa shape index (κ1) is 32.3. The van der Waals surface area contributed by atoms with E-state index in [4.69, 9.17) is 9.47 Å². The molecule has 0 aromatic rings. The summed E-state index contributed by atoms with van der Waals surface area (Å²) in [6, 6.07) is 0. The predicted molar refractivity (Wildman–Crippen MR) is 161 cm³/mol. The van der Waals surface area contributed by atoms with Crippen molar-refractivity contribution < 1.29 is 34.7 Å². The van der Waals surface area contributed by atoms with Gasteiger partial charge in [0.1, 0.15) is 24.4 Å². The number of ketones is 1. The molecule has 5 aliphatic rings. The van der Waals surface area contributed by atoms with Crippen LogP contribution in [0.5, 0.6) is 0 Å². The standard InChI is InChI=1S/C35H56O7/c1-7-21(19(2)3)9-8-20(4)24-10-11-25-29-26(13-15-35(24,25)6)34(5)14-12-23(16-22(34)17-27(29)37)41-33-32(40)31(39)30(38)28(18-36)42-33/h17,20-21,23-26,28-33,36,38-40H,2,7-16,18H2,1,3-6H3. The predicted octanol–water partition coefficient (Wildman–Crippen LogP) is 4.95. The van der Waals surface area contributed by atoms with Gasteiger partial charge in [0.15, 0.2) is 12.1 Å². The Hall–Kier alpha value is -1.09. The minimum absolute atomic E-state index is 0.0469. The van der Waals surface area contributed by atoms with Crippen LogP contribution in [0.1, 0.15) is 98.8 Å². The van der Waals surface area contributed by atoms with Crippen LogP contribution in [0.4, 0.5) is 0 Å². The van der Waals surface area contributed by atoms with Crippen molar-refractivity contribution in [1.82, 2.24) is 0 Å². The minimum Gasteiger partial charge on any atom is -0.394 e. The largest absolute Gasteiger partial charge is 0.394 e. The highest BCUT2D eigenvalue weighted by molar-refractivity contribution is 5.94. The van der Waals surface area contributed by atoms with E-state index in [2.05, 4.69) is 41.2 Å². The lowest BCUT2D eigenvalue weighted by atomic mass is 9.46. The van der Waals surface area contributed by atoms with Gasteiger partial charge in [0.2, 0.25) is 0 Å². The van der Waals surface area contributed by atoms with Crippen molar-refractivity contribution in [2.45, 2.75) is 136 Å². The Morgan fingerprint density at radius 2 is 1.81 bits per heavy atom. The first-order valence-electron chi connectivity index (χ1n) is 16.7. The highest BCUT2D eigenvalue weighted by atomic mass is 16.7. The van der Waals surface area contributed by atoms with Gasteiger partial charge in [0.05, 0.1) is 12.7 Å². The molecule has 14 unspecified atom stereocenters. The second-order valence-corrected chi connectivity index (χ2v) is 15.2. The summed E-state index contributed by atoms with van der Waals surface area (Å²) in [5.41, 5.74) is 2.62. The number of ether oxygens (including phenoxy) is 2. The summed E-state index contributed by atoms with van der Waals surface area (Å²) < 4.78 is 11.8. The van der Waals surface area contributed by atoms with Crippen LogP contribution < -0.4 is 0 Å². The zero-order valence-electron chi connectivity index (χ0n) is 26.5. The summed E-state index contributed by atoms with van der Waals surface area (Å²) in [5.74, 6) is 3.10. The van der Waals surface area contributed by atoms with Crippen molar-refractivity contribution in [3.63, 3.8) is 0 Å². The van der Waals surface area contributed by atoms with Crippen molar-refractivity contribution in [3.8, 4) is 0 Å². The Bertz CT molecular complexity index is 1040. The van der Waals surface area contributed by atoms with Crippen LogP contribution in [-0.4, -0.2) is 69.6 Å². The van der Waals surface area contributed by atoms with Gasteiger partial charge in [-0.05, 0) is 118 Å². The molecule has 0 bridgehead atoms. The monoisotopic (exact) mass is 588 g/mol. The summed E-state index contributed by atoms with van der Waals surface area (Å²) >= 11 is 0. The van der Waals surface area contributed by atoms with Gasteiger partial charge in [-0.1, -0.05) is 45.4 Å². The van der Waals surface area contributed by atoms with E-state index >= 15 is 0 Å². The quantitative estimate of drug-likeness (QED) is 0.282. The van der Waals surface area contributed by atoms with Crippen molar-refractivity contribution >= 4 is 5.78 Å². The third-order valence-electron chi connectivity index (χ3n) is 13.0. The average molecular weight is 589 g/mol. The molecule has 7 nitrogen and oxygen atoms in total. The zero-order valence-corrected chi connectivity index (χ0v) is 26.5. The Labute approximate surface area is 252 Å². The van der Waals surface area contributed by atoms with Gasteiger partial charge in [0, 0.05) is 5.92 Å². The van der Waals surface area contributed by atoms with Crippen LogP contribution in [0.15, 0.2) is 23.8 Å². The smallest absolute Gasteiger partial charge is 0.186 e. The fourth-order valence-electron chi connectivity index (χ4n) is 10.3. The first-order valence-corrected chi connectivity index (χ1v) is 16.7. The molecule has 0 spiro atoms. The molecule has 14 atom stereocenters. The number of rotatable bonds is 9. The molecule has 4 N–H and O–H groups in total.